The molecule has 1 heterocycles. The van der Waals surface area contributed by atoms with Crippen molar-refractivity contribution in [3.05, 3.63) is 47.5 Å². The minimum Gasteiger partial charge on any atom is -0.497 e. The van der Waals surface area contributed by atoms with Crippen LogP contribution in [0.1, 0.15) is 15.9 Å². The smallest absolute Gasteiger partial charge is 0.257 e. The van der Waals surface area contributed by atoms with Crippen molar-refractivity contribution in [2.45, 2.75) is 6.54 Å². The average Bonchev–Trinajstić information content (AvgIpc) is 2.78. The largest absolute Gasteiger partial charge is 0.497 e. The Morgan fingerprint density at radius 1 is 0.862 bits per heavy atom. The second-order valence-corrected chi connectivity index (χ2v) is 6.80. The quantitative estimate of drug-likeness (QED) is 0.712. The number of carbonyl (C=O) groups is 1. The Bertz CT molecular complexity index is 847. The van der Waals surface area contributed by atoms with Gasteiger partial charge in [0.1, 0.15) is 5.75 Å². The van der Waals surface area contributed by atoms with Crippen molar-refractivity contribution in [2.75, 3.05) is 54.6 Å². The van der Waals surface area contributed by atoms with Gasteiger partial charge in [0.2, 0.25) is 5.75 Å². The van der Waals surface area contributed by atoms with Gasteiger partial charge in [0.25, 0.3) is 5.91 Å². The first-order valence-corrected chi connectivity index (χ1v) is 9.54. The van der Waals surface area contributed by atoms with Crippen molar-refractivity contribution in [3.63, 3.8) is 0 Å². The summed E-state index contributed by atoms with van der Waals surface area (Å²) in [7, 11) is 6.29. The van der Waals surface area contributed by atoms with Crippen molar-refractivity contribution in [2.24, 2.45) is 0 Å². The maximum absolute atomic E-state index is 13.1. The first-order chi connectivity index (χ1) is 14.1. The summed E-state index contributed by atoms with van der Waals surface area (Å²) in [6.45, 7) is 3.75. The van der Waals surface area contributed by atoms with E-state index in [1.165, 1.54) is 19.8 Å². The van der Waals surface area contributed by atoms with Crippen LogP contribution in [0.25, 0.3) is 0 Å². The Kier molecular flexibility index (Phi) is 6.82. The molecule has 0 unspecified atom stereocenters. The summed E-state index contributed by atoms with van der Waals surface area (Å²) in [5, 5.41) is 0. The minimum atomic E-state index is -0.0659. The molecule has 1 aliphatic rings. The van der Waals surface area contributed by atoms with Gasteiger partial charge in [0, 0.05) is 32.7 Å². The normalized spacial score (nSPS) is 14.4. The number of hydrogen-bond acceptors (Lipinski definition) is 6. The van der Waals surface area contributed by atoms with Crippen LogP contribution in [0.3, 0.4) is 0 Å². The van der Waals surface area contributed by atoms with Crippen LogP contribution in [0.15, 0.2) is 36.4 Å². The van der Waals surface area contributed by atoms with Gasteiger partial charge in [-0.15, -0.1) is 0 Å². The molecule has 0 aromatic heterocycles. The van der Waals surface area contributed by atoms with E-state index in [0.29, 0.717) is 35.9 Å². The van der Waals surface area contributed by atoms with Gasteiger partial charge in [-0.05, 0) is 29.8 Å². The van der Waals surface area contributed by atoms with Crippen molar-refractivity contribution in [3.8, 4) is 23.0 Å². The van der Waals surface area contributed by atoms with E-state index in [4.69, 9.17) is 18.9 Å². The number of benzene rings is 2. The molecule has 1 aliphatic heterocycles. The highest BCUT2D eigenvalue weighted by molar-refractivity contribution is 5.98. The van der Waals surface area contributed by atoms with E-state index in [-0.39, 0.29) is 5.91 Å². The summed E-state index contributed by atoms with van der Waals surface area (Å²) < 4.78 is 21.5. The molecular formula is C22H28N2O5. The zero-order valence-corrected chi connectivity index (χ0v) is 17.4. The monoisotopic (exact) mass is 400 g/mol. The molecule has 1 fully saturated rings. The van der Waals surface area contributed by atoms with Gasteiger partial charge in [-0.3, -0.25) is 9.69 Å². The summed E-state index contributed by atoms with van der Waals surface area (Å²) in [6.07, 6.45) is 0. The van der Waals surface area contributed by atoms with Crippen LogP contribution in [-0.2, 0) is 6.54 Å². The second-order valence-electron chi connectivity index (χ2n) is 6.80. The maximum atomic E-state index is 13.1. The van der Waals surface area contributed by atoms with Gasteiger partial charge in [0.15, 0.2) is 11.5 Å². The van der Waals surface area contributed by atoms with Gasteiger partial charge in [0.05, 0.1) is 34.0 Å². The Hall–Kier alpha value is -2.93. The number of piperazine rings is 1. The molecule has 29 heavy (non-hydrogen) atoms. The van der Waals surface area contributed by atoms with E-state index in [1.54, 1.807) is 26.4 Å². The number of methoxy groups -OCH3 is 4. The van der Waals surface area contributed by atoms with Gasteiger partial charge < -0.3 is 23.8 Å². The lowest BCUT2D eigenvalue weighted by molar-refractivity contribution is 0.0624. The molecular weight excluding hydrogens is 372 g/mol. The molecule has 7 heteroatoms. The highest BCUT2D eigenvalue weighted by Gasteiger charge is 2.27. The van der Waals surface area contributed by atoms with E-state index in [2.05, 4.69) is 11.0 Å². The van der Waals surface area contributed by atoms with Crippen molar-refractivity contribution in [1.82, 2.24) is 9.80 Å². The second kappa shape index (κ2) is 9.52. The maximum Gasteiger partial charge on any atom is 0.257 e. The van der Waals surface area contributed by atoms with E-state index >= 15 is 0 Å². The number of nitrogens with zero attached hydrogens (tertiary/aromatic N) is 2. The van der Waals surface area contributed by atoms with Crippen LogP contribution >= 0.6 is 0 Å². The third kappa shape index (κ3) is 4.56. The molecule has 0 radical (unpaired) electrons. The fraction of sp³-hybridized carbons (Fsp3) is 0.409. The lowest BCUT2D eigenvalue weighted by Gasteiger charge is -2.35. The Balaban J connectivity index is 1.67. The molecule has 156 valence electrons. The van der Waals surface area contributed by atoms with E-state index in [1.807, 2.05) is 23.1 Å². The standard InChI is InChI=1S/C22H28N2O5/c1-26-17-7-5-6-16(14-17)15-23-10-12-24(13-11-23)22(25)18-8-9-19(27-2)21(29-4)20(18)28-3/h5-9,14H,10-13,15H2,1-4H3. The fourth-order valence-corrected chi connectivity index (χ4v) is 3.58. The Morgan fingerprint density at radius 2 is 1.59 bits per heavy atom. The Morgan fingerprint density at radius 3 is 2.21 bits per heavy atom. The van der Waals surface area contributed by atoms with Crippen LogP contribution in [0.4, 0.5) is 0 Å². The van der Waals surface area contributed by atoms with Crippen molar-refractivity contribution in [1.29, 1.82) is 0 Å². The number of rotatable bonds is 7. The van der Waals surface area contributed by atoms with Crippen LogP contribution < -0.4 is 18.9 Å². The molecule has 0 spiro atoms. The van der Waals surface area contributed by atoms with Gasteiger partial charge in [-0.1, -0.05) is 12.1 Å². The fourth-order valence-electron chi connectivity index (χ4n) is 3.58. The topological polar surface area (TPSA) is 60.5 Å². The lowest BCUT2D eigenvalue weighted by atomic mass is 10.1. The first-order valence-electron chi connectivity index (χ1n) is 9.54. The predicted molar refractivity (Wildman–Crippen MR) is 110 cm³/mol. The van der Waals surface area contributed by atoms with Crippen molar-refractivity contribution >= 4 is 5.91 Å². The molecule has 7 nitrogen and oxygen atoms in total. The summed E-state index contributed by atoms with van der Waals surface area (Å²) in [4.78, 5) is 17.3. The summed E-state index contributed by atoms with van der Waals surface area (Å²) >= 11 is 0. The molecule has 0 bridgehead atoms. The number of amides is 1. The summed E-state index contributed by atoms with van der Waals surface area (Å²) in [6, 6.07) is 11.5. The van der Waals surface area contributed by atoms with Gasteiger partial charge in [-0.25, -0.2) is 0 Å². The zero-order valence-electron chi connectivity index (χ0n) is 17.4. The lowest BCUT2D eigenvalue weighted by Crippen LogP contribution is -2.48. The van der Waals surface area contributed by atoms with Crippen molar-refractivity contribution < 1.29 is 23.7 Å². The molecule has 1 saturated heterocycles. The predicted octanol–water partition coefficient (Wildman–Crippen LogP) is 2.68. The third-order valence-corrected chi connectivity index (χ3v) is 5.13. The number of hydrogen-bond donors (Lipinski definition) is 0. The average molecular weight is 400 g/mol. The molecule has 0 N–H and O–H groups in total. The van der Waals surface area contributed by atoms with E-state index in [9.17, 15) is 4.79 Å². The van der Waals surface area contributed by atoms with E-state index in [0.717, 1.165) is 25.4 Å². The molecule has 2 aromatic carbocycles. The highest BCUT2D eigenvalue weighted by atomic mass is 16.5. The van der Waals surface area contributed by atoms with Crippen LogP contribution in [0.5, 0.6) is 23.0 Å². The molecule has 2 aromatic rings. The zero-order chi connectivity index (χ0) is 20.8. The van der Waals surface area contributed by atoms with E-state index < -0.39 is 0 Å². The molecule has 3 rings (SSSR count). The van der Waals surface area contributed by atoms with Crippen LogP contribution in [0, 0.1) is 0 Å². The summed E-state index contributed by atoms with van der Waals surface area (Å²) in [5.74, 6) is 2.15. The highest BCUT2D eigenvalue weighted by Crippen LogP contribution is 2.40. The molecule has 0 saturated carbocycles. The minimum absolute atomic E-state index is 0.0659. The van der Waals surface area contributed by atoms with Crippen LogP contribution in [-0.4, -0.2) is 70.3 Å². The van der Waals surface area contributed by atoms with Gasteiger partial charge in [-0.2, -0.15) is 0 Å². The SMILES string of the molecule is COc1cccc(CN2CCN(C(=O)c3ccc(OC)c(OC)c3OC)CC2)c1. The van der Waals surface area contributed by atoms with Crippen LogP contribution in [0.2, 0.25) is 0 Å². The molecule has 0 atom stereocenters. The molecule has 0 aliphatic carbocycles. The third-order valence-electron chi connectivity index (χ3n) is 5.13. The first kappa shape index (κ1) is 20.8. The number of carbonyl (C=O) groups excluding carboxylic acids is 1. The van der Waals surface area contributed by atoms with Gasteiger partial charge >= 0.3 is 0 Å². The molecule has 1 amide bonds. The number of ether oxygens (including phenoxy) is 4. The Labute approximate surface area is 171 Å². The summed E-state index contributed by atoms with van der Waals surface area (Å²) in [5.41, 5.74) is 1.68.